The van der Waals surface area contributed by atoms with Crippen molar-refractivity contribution in [1.29, 1.82) is 0 Å². The molecule has 0 aromatic heterocycles. The number of amides is 2. The van der Waals surface area contributed by atoms with E-state index >= 15 is 9.59 Å². The van der Waals surface area contributed by atoms with Gasteiger partial charge in [-0.15, -0.1) is 0 Å². The van der Waals surface area contributed by atoms with Crippen molar-refractivity contribution in [1.82, 2.24) is 0 Å². The predicted molar refractivity (Wildman–Crippen MR) is 230 cm³/mol. The maximum atomic E-state index is 15.8. The van der Waals surface area contributed by atoms with Gasteiger partial charge in [0.1, 0.15) is 5.41 Å². The lowest BCUT2D eigenvalue weighted by atomic mass is 9.51. The van der Waals surface area contributed by atoms with Crippen molar-refractivity contribution in [3.8, 4) is 0 Å². The molecule has 2 amide bonds. The molecule has 7 aromatic carbocycles. The van der Waals surface area contributed by atoms with Crippen LogP contribution in [0, 0.1) is 0 Å². The van der Waals surface area contributed by atoms with Crippen LogP contribution in [-0.2, 0) is 30.7 Å². The summed E-state index contributed by atoms with van der Waals surface area (Å²) in [7, 11) is 0. The number of hydrogen-bond donors (Lipinski definition) is 0. The summed E-state index contributed by atoms with van der Waals surface area (Å²) in [4.78, 5) is 39.8. The molecule has 2 atom stereocenters. The van der Waals surface area contributed by atoms with Gasteiger partial charge in [0.2, 0.25) is 18.0 Å². The molecule has 9 heteroatoms. The van der Waals surface area contributed by atoms with Crippen molar-refractivity contribution in [3.63, 3.8) is 0 Å². The molecule has 282 valence electrons. The maximum Gasteiger partial charge on any atom is 0.250 e. The summed E-state index contributed by atoms with van der Waals surface area (Å²) in [5.41, 5.74) is 1.15. The van der Waals surface area contributed by atoms with Gasteiger partial charge in [0.05, 0.1) is 5.69 Å². The Kier molecular flexibility index (Phi) is 8.57. The number of carbonyl (C=O) groups is 2. The third-order valence-corrected chi connectivity index (χ3v) is 12.5. The fourth-order valence-corrected chi connectivity index (χ4v) is 9.75. The van der Waals surface area contributed by atoms with Crippen LogP contribution < -0.4 is 9.80 Å². The van der Waals surface area contributed by atoms with E-state index in [-0.39, 0.29) is 17.7 Å². The first-order valence-corrected chi connectivity index (χ1v) is 19.9. The van der Waals surface area contributed by atoms with Crippen LogP contribution in [0.3, 0.4) is 0 Å². The Morgan fingerprint density at radius 2 is 0.948 bits per heavy atom. The largest absolute Gasteiger partial charge is 0.452 e. The molecule has 10 rings (SSSR count). The number of rotatable bonds is 7. The SMILES string of the molecule is O=C1N(c2ccc(Cl)cc2)[C@H](OC2=Nc3ccc(Cl)cc3[C@]23N(c2ccc(Cl)cc2)C(=O)C3(c2ccccc2)c2ccccc2)C1(c1ccccc1)c1ccccc1. The van der Waals surface area contributed by atoms with E-state index in [4.69, 9.17) is 44.5 Å². The quantitative estimate of drug-likeness (QED) is 0.151. The van der Waals surface area contributed by atoms with E-state index in [1.807, 2.05) is 158 Å². The number of carbonyl (C=O) groups excluding carboxylic acids is 2. The van der Waals surface area contributed by atoms with Gasteiger partial charge in [-0.2, -0.15) is 0 Å². The zero-order valence-electron chi connectivity index (χ0n) is 30.7. The van der Waals surface area contributed by atoms with Crippen LogP contribution >= 0.6 is 34.8 Å². The van der Waals surface area contributed by atoms with Crippen LogP contribution in [-0.4, -0.2) is 23.9 Å². The van der Waals surface area contributed by atoms with Crippen LogP contribution in [0.5, 0.6) is 0 Å². The number of nitrogens with zero attached hydrogens (tertiary/aromatic N) is 3. The molecular formula is C49H32Cl3N3O3. The zero-order valence-corrected chi connectivity index (χ0v) is 32.9. The molecule has 3 aliphatic heterocycles. The van der Waals surface area contributed by atoms with E-state index in [1.165, 1.54) is 0 Å². The van der Waals surface area contributed by atoms with E-state index in [1.54, 1.807) is 40.1 Å². The second kappa shape index (κ2) is 13.7. The highest BCUT2D eigenvalue weighted by Gasteiger charge is 2.80. The summed E-state index contributed by atoms with van der Waals surface area (Å²) in [6.07, 6.45) is -1.00. The van der Waals surface area contributed by atoms with Gasteiger partial charge in [-0.1, -0.05) is 156 Å². The van der Waals surface area contributed by atoms with Crippen molar-refractivity contribution in [3.05, 3.63) is 231 Å². The zero-order chi connectivity index (χ0) is 39.6. The van der Waals surface area contributed by atoms with Crippen LogP contribution in [0.4, 0.5) is 17.1 Å². The smallest absolute Gasteiger partial charge is 0.250 e. The topological polar surface area (TPSA) is 62.2 Å². The number of β-lactam (4-membered cyclic amide) rings is 2. The minimum Gasteiger partial charge on any atom is -0.452 e. The summed E-state index contributed by atoms with van der Waals surface area (Å²) in [5.74, 6) is -0.172. The van der Waals surface area contributed by atoms with Crippen LogP contribution in [0.25, 0.3) is 0 Å². The lowest BCUT2D eigenvalue weighted by Crippen LogP contribution is -2.83. The van der Waals surface area contributed by atoms with Crippen molar-refractivity contribution in [2.75, 3.05) is 9.80 Å². The van der Waals surface area contributed by atoms with Gasteiger partial charge >= 0.3 is 0 Å². The number of benzene rings is 7. The van der Waals surface area contributed by atoms with Gasteiger partial charge in [0.25, 0.3) is 5.91 Å². The minimum atomic E-state index is -1.47. The van der Waals surface area contributed by atoms with E-state index in [0.717, 1.165) is 22.3 Å². The lowest BCUT2D eigenvalue weighted by Gasteiger charge is -2.64. The second-order valence-corrected chi connectivity index (χ2v) is 15.9. The molecule has 3 heterocycles. The first kappa shape index (κ1) is 36.2. The molecule has 0 aliphatic carbocycles. The number of halogens is 3. The van der Waals surface area contributed by atoms with Crippen molar-refractivity contribution in [2.24, 2.45) is 4.99 Å². The third kappa shape index (κ3) is 4.89. The lowest BCUT2D eigenvalue weighted by molar-refractivity contribution is -0.141. The molecule has 2 fully saturated rings. The number of aliphatic imine (C=N–C) groups is 1. The molecule has 58 heavy (non-hydrogen) atoms. The molecule has 1 spiro atoms. The average molecular weight is 817 g/mol. The number of fused-ring (bicyclic) bond motifs is 2. The van der Waals surface area contributed by atoms with Gasteiger partial charge in [0.15, 0.2) is 11.0 Å². The fourth-order valence-electron chi connectivity index (χ4n) is 9.32. The predicted octanol–water partition coefficient (Wildman–Crippen LogP) is 11.3. The number of hydrogen-bond acceptors (Lipinski definition) is 4. The van der Waals surface area contributed by atoms with Gasteiger partial charge in [-0.3, -0.25) is 19.4 Å². The summed E-state index contributed by atoms with van der Waals surface area (Å²) in [5, 5.41) is 1.51. The monoisotopic (exact) mass is 815 g/mol. The Balaban J connectivity index is 1.29. The molecule has 3 aliphatic rings. The highest BCUT2D eigenvalue weighted by molar-refractivity contribution is 6.32. The Morgan fingerprint density at radius 1 is 0.500 bits per heavy atom. The minimum absolute atomic E-state index is 0.193. The summed E-state index contributed by atoms with van der Waals surface area (Å²) < 4.78 is 7.60. The normalized spacial score (nSPS) is 19.9. The van der Waals surface area contributed by atoms with Gasteiger partial charge in [-0.05, 0) is 89.0 Å². The Labute approximate surface area is 350 Å². The third-order valence-electron chi connectivity index (χ3n) is 11.7. The van der Waals surface area contributed by atoms with Crippen molar-refractivity contribution in [2.45, 2.75) is 22.6 Å². The van der Waals surface area contributed by atoms with E-state index < -0.39 is 22.6 Å². The maximum absolute atomic E-state index is 15.8. The first-order chi connectivity index (χ1) is 28.3. The number of anilines is 2. The molecular weight excluding hydrogens is 785 g/mol. The van der Waals surface area contributed by atoms with Crippen LogP contribution in [0.1, 0.15) is 27.8 Å². The average Bonchev–Trinajstić information content (AvgIpc) is 3.58. The highest BCUT2D eigenvalue weighted by atomic mass is 35.5. The molecule has 7 aromatic rings. The Morgan fingerprint density at radius 3 is 1.45 bits per heavy atom. The number of ether oxygens (including phenoxy) is 1. The second-order valence-electron chi connectivity index (χ2n) is 14.5. The summed E-state index contributed by atoms with van der Waals surface area (Å²) in [6, 6.07) is 58.6. The van der Waals surface area contributed by atoms with Crippen LogP contribution in [0.2, 0.25) is 15.1 Å². The van der Waals surface area contributed by atoms with Gasteiger partial charge < -0.3 is 4.74 Å². The summed E-state index contributed by atoms with van der Waals surface area (Å²) >= 11 is 19.8. The molecule has 0 unspecified atom stereocenters. The standard InChI is InChI=1S/C49H32Cl3N3O3/c50-36-21-26-39(27-22-36)54-44(56)47(32-13-5-1-6-14-32,33-15-7-2-8-16-33)46(54)58-43-49(41-31-38(52)25-30-42(41)53-43)48(34-17-9-3-10-18-34,35-19-11-4-12-20-35)45(57)55(49)40-28-23-37(51)24-29-40/h1-31,46H/t46-,49+/m1/s1. The van der Waals surface area contributed by atoms with Crippen molar-refractivity contribution < 1.29 is 14.3 Å². The van der Waals surface area contributed by atoms with E-state index in [9.17, 15) is 0 Å². The van der Waals surface area contributed by atoms with E-state index in [0.29, 0.717) is 37.7 Å². The van der Waals surface area contributed by atoms with Gasteiger partial charge in [-0.25, -0.2) is 4.99 Å². The van der Waals surface area contributed by atoms with Crippen LogP contribution in [0.15, 0.2) is 193 Å². The highest BCUT2D eigenvalue weighted by Crippen LogP contribution is 2.66. The molecule has 0 bridgehead atoms. The van der Waals surface area contributed by atoms with Gasteiger partial charge in [0, 0.05) is 32.0 Å². The Bertz CT molecular complexity index is 2650. The Hall–Kier alpha value is -6.18. The molecule has 0 saturated carbocycles. The molecule has 0 N–H and O–H groups in total. The molecule has 2 saturated heterocycles. The van der Waals surface area contributed by atoms with Crippen molar-refractivity contribution >= 4 is 69.6 Å². The van der Waals surface area contributed by atoms with E-state index in [2.05, 4.69) is 0 Å². The fraction of sp³-hybridized carbons (Fsp3) is 0.0816. The molecule has 6 nitrogen and oxygen atoms in total. The summed E-state index contributed by atoms with van der Waals surface area (Å²) in [6.45, 7) is 0. The first-order valence-electron chi connectivity index (χ1n) is 18.8. The molecule has 0 radical (unpaired) electrons.